The fourth-order valence-electron chi connectivity index (χ4n) is 3.51. The quantitative estimate of drug-likeness (QED) is 0.809. The molecule has 1 aromatic heterocycles. The van der Waals surface area contributed by atoms with Crippen molar-refractivity contribution in [3.05, 3.63) is 59.9 Å². The van der Waals surface area contributed by atoms with Gasteiger partial charge in [0.2, 0.25) is 5.91 Å². The maximum Gasteiger partial charge on any atom is 0.222 e. The maximum absolute atomic E-state index is 12.4. The molecule has 2 heterocycles. The Labute approximate surface area is 149 Å². The molecule has 3 rings (SSSR count). The van der Waals surface area contributed by atoms with Gasteiger partial charge in [-0.3, -0.25) is 9.78 Å². The van der Waals surface area contributed by atoms with Gasteiger partial charge in [0.25, 0.3) is 0 Å². The number of hydrogen-bond donors (Lipinski definition) is 0. The number of aromatic nitrogens is 1. The van der Waals surface area contributed by atoms with Crippen molar-refractivity contribution in [2.24, 2.45) is 5.92 Å². The molecule has 1 aliphatic rings. The van der Waals surface area contributed by atoms with Gasteiger partial charge in [-0.2, -0.15) is 0 Å². The van der Waals surface area contributed by atoms with Crippen LogP contribution in [0.5, 0.6) is 5.75 Å². The second-order valence-corrected chi connectivity index (χ2v) is 6.66. The Morgan fingerprint density at radius 3 is 2.64 bits per heavy atom. The van der Waals surface area contributed by atoms with Gasteiger partial charge in [-0.05, 0) is 55.4 Å². The number of benzene rings is 1. The van der Waals surface area contributed by atoms with Crippen molar-refractivity contribution in [2.45, 2.75) is 32.1 Å². The first-order chi connectivity index (χ1) is 12.3. The Bertz CT molecular complexity index is 679. The Kier molecular flexibility index (Phi) is 6.04. The first kappa shape index (κ1) is 17.5. The predicted octanol–water partition coefficient (Wildman–Crippen LogP) is 3.50. The first-order valence-corrected chi connectivity index (χ1v) is 9.06. The maximum atomic E-state index is 12.4. The van der Waals surface area contributed by atoms with E-state index in [0.29, 0.717) is 12.3 Å². The standard InChI is InChI=1S/C21H26N2O2/c1-25-20-8-3-2-6-18(20)16-17-11-14-23(15-12-17)21(24)10-9-19-7-4-5-13-22-19/h2-8,13,17H,9-12,14-16H2,1H3. The van der Waals surface area contributed by atoms with Crippen LogP contribution in [0.3, 0.4) is 0 Å². The summed E-state index contributed by atoms with van der Waals surface area (Å²) in [5.41, 5.74) is 2.26. The predicted molar refractivity (Wildman–Crippen MR) is 98.6 cm³/mol. The average Bonchev–Trinajstić information content (AvgIpc) is 2.68. The lowest BCUT2D eigenvalue weighted by atomic mass is 9.89. The van der Waals surface area contributed by atoms with Gasteiger partial charge in [0.05, 0.1) is 7.11 Å². The number of pyridine rings is 1. The van der Waals surface area contributed by atoms with Gasteiger partial charge in [-0.1, -0.05) is 24.3 Å². The number of carbonyl (C=O) groups excluding carboxylic acids is 1. The number of likely N-dealkylation sites (tertiary alicyclic amines) is 1. The summed E-state index contributed by atoms with van der Waals surface area (Å²) >= 11 is 0. The fraction of sp³-hybridized carbons (Fsp3) is 0.429. The van der Waals surface area contributed by atoms with Crippen molar-refractivity contribution in [2.75, 3.05) is 20.2 Å². The van der Waals surface area contributed by atoms with Crippen LogP contribution in [-0.4, -0.2) is 36.0 Å². The van der Waals surface area contributed by atoms with Crippen LogP contribution in [0.1, 0.15) is 30.5 Å². The van der Waals surface area contributed by atoms with Gasteiger partial charge in [0.15, 0.2) is 0 Å². The first-order valence-electron chi connectivity index (χ1n) is 9.06. The number of methoxy groups -OCH3 is 1. The van der Waals surface area contributed by atoms with Crippen LogP contribution in [0.4, 0.5) is 0 Å². The van der Waals surface area contributed by atoms with Crippen molar-refractivity contribution in [1.82, 2.24) is 9.88 Å². The molecular weight excluding hydrogens is 312 g/mol. The van der Waals surface area contributed by atoms with E-state index in [1.165, 1.54) is 5.56 Å². The summed E-state index contributed by atoms with van der Waals surface area (Å²) in [5.74, 6) is 1.84. The molecule has 132 valence electrons. The Balaban J connectivity index is 1.46. The van der Waals surface area contributed by atoms with E-state index < -0.39 is 0 Å². The molecule has 4 nitrogen and oxygen atoms in total. The minimum atomic E-state index is 0.251. The number of nitrogens with zero attached hydrogens (tertiary/aromatic N) is 2. The summed E-state index contributed by atoms with van der Waals surface area (Å²) in [5, 5.41) is 0. The molecule has 25 heavy (non-hydrogen) atoms. The molecule has 4 heteroatoms. The van der Waals surface area contributed by atoms with E-state index in [1.807, 2.05) is 35.2 Å². The van der Waals surface area contributed by atoms with Crippen LogP contribution in [0.2, 0.25) is 0 Å². The summed E-state index contributed by atoms with van der Waals surface area (Å²) in [6.45, 7) is 1.72. The van der Waals surface area contributed by atoms with E-state index in [4.69, 9.17) is 4.74 Å². The van der Waals surface area contributed by atoms with Crippen LogP contribution < -0.4 is 4.74 Å². The summed E-state index contributed by atoms with van der Waals surface area (Å²) in [6, 6.07) is 14.1. The molecule has 0 atom stereocenters. The van der Waals surface area contributed by atoms with Gasteiger partial charge in [-0.25, -0.2) is 0 Å². The Morgan fingerprint density at radius 1 is 1.16 bits per heavy atom. The minimum Gasteiger partial charge on any atom is -0.496 e. The molecule has 0 spiro atoms. The number of ether oxygens (including phenoxy) is 1. The highest BCUT2D eigenvalue weighted by molar-refractivity contribution is 5.76. The smallest absolute Gasteiger partial charge is 0.222 e. The molecule has 0 radical (unpaired) electrons. The van der Waals surface area contributed by atoms with E-state index in [0.717, 1.165) is 50.2 Å². The van der Waals surface area contributed by atoms with Crippen LogP contribution in [0.25, 0.3) is 0 Å². The molecule has 1 aliphatic heterocycles. The normalized spacial score (nSPS) is 15.2. The summed E-state index contributed by atoms with van der Waals surface area (Å²) in [4.78, 5) is 18.7. The molecule has 1 fully saturated rings. The minimum absolute atomic E-state index is 0.251. The van der Waals surface area contributed by atoms with Crippen molar-refractivity contribution in [3.63, 3.8) is 0 Å². The van der Waals surface area contributed by atoms with E-state index in [-0.39, 0.29) is 5.91 Å². The molecule has 2 aromatic rings. The molecule has 0 unspecified atom stereocenters. The van der Waals surface area contributed by atoms with Gasteiger partial charge >= 0.3 is 0 Å². The number of rotatable bonds is 6. The molecule has 0 saturated carbocycles. The summed E-state index contributed by atoms with van der Waals surface area (Å²) < 4.78 is 5.45. The average molecular weight is 338 g/mol. The second-order valence-electron chi connectivity index (χ2n) is 6.66. The van der Waals surface area contributed by atoms with Crippen LogP contribution in [-0.2, 0) is 17.6 Å². The molecule has 1 aromatic carbocycles. The van der Waals surface area contributed by atoms with Crippen LogP contribution in [0, 0.1) is 5.92 Å². The number of carbonyl (C=O) groups is 1. The zero-order chi connectivity index (χ0) is 17.5. The topological polar surface area (TPSA) is 42.4 Å². The van der Waals surface area contributed by atoms with Crippen LogP contribution in [0.15, 0.2) is 48.7 Å². The Morgan fingerprint density at radius 2 is 1.92 bits per heavy atom. The molecule has 0 N–H and O–H groups in total. The number of piperidine rings is 1. The van der Waals surface area contributed by atoms with Gasteiger partial charge in [0, 0.05) is 31.4 Å². The molecular formula is C21H26N2O2. The van der Waals surface area contributed by atoms with E-state index in [9.17, 15) is 4.79 Å². The SMILES string of the molecule is COc1ccccc1CC1CCN(C(=O)CCc2ccccn2)CC1. The largest absolute Gasteiger partial charge is 0.496 e. The zero-order valence-corrected chi connectivity index (χ0v) is 14.9. The van der Waals surface area contributed by atoms with E-state index >= 15 is 0 Å². The third-order valence-electron chi connectivity index (χ3n) is 4.99. The highest BCUT2D eigenvalue weighted by Crippen LogP contribution is 2.26. The van der Waals surface area contributed by atoms with Gasteiger partial charge in [-0.15, -0.1) is 0 Å². The number of aryl methyl sites for hydroxylation is 1. The highest BCUT2D eigenvalue weighted by Gasteiger charge is 2.23. The Hall–Kier alpha value is -2.36. The van der Waals surface area contributed by atoms with E-state index in [1.54, 1.807) is 13.3 Å². The van der Waals surface area contributed by atoms with Crippen molar-refractivity contribution < 1.29 is 9.53 Å². The molecule has 0 aliphatic carbocycles. The van der Waals surface area contributed by atoms with Crippen LogP contribution >= 0.6 is 0 Å². The summed E-state index contributed by atoms with van der Waals surface area (Å²) in [7, 11) is 1.72. The van der Waals surface area contributed by atoms with Crippen molar-refractivity contribution in [3.8, 4) is 5.75 Å². The number of para-hydroxylation sites is 1. The second kappa shape index (κ2) is 8.65. The third-order valence-corrected chi connectivity index (χ3v) is 4.99. The zero-order valence-electron chi connectivity index (χ0n) is 14.9. The highest BCUT2D eigenvalue weighted by atomic mass is 16.5. The number of amides is 1. The van der Waals surface area contributed by atoms with Crippen molar-refractivity contribution >= 4 is 5.91 Å². The van der Waals surface area contributed by atoms with Gasteiger partial charge < -0.3 is 9.64 Å². The molecule has 1 saturated heterocycles. The molecule has 0 bridgehead atoms. The lowest BCUT2D eigenvalue weighted by Crippen LogP contribution is -2.39. The monoisotopic (exact) mass is 338 g/mol. The van der Waals surface area contributed by atoms with Gasteiger partial charge in [0.1, 0.15) is 5.75 Å². The fourth-order valence-corrected chi connectivity index (χ4v) is 3.51. The van der Waals surface area contributed by atoms with E-state index in [2.05, 4.69) is 17.1 Å². The number of hydrogen-bond acceptors (Lipinski definition) is 3. The lowest BCUT2D eigenvalue weighted by molar-refractivity contribution is -0.132. The molecule has 1 amide bonds. The third kappa shape index (κ3) is 4.81. The van der Waals surface area contributed by atoms with Crippen molar-refractivity contribution in [1.29, 1.82) is 0 Å². The summed E-state index contributed by atoms with van der Waals surface area (Å²) in [6.07, 6.45) is 6.21. The lowest BCUT2D eigenvalue weighted by Gasteiger charge is -2.32.